The van der Waals surface area contributed by atoms with Crippen LogP contribution in [0.3, 0.4) is 0 Å². The van der Waals surface area contributed by atoms with Crippen LogP contribution in [-0.2, 0) is 4.79 Å². The van der Waals surface area contributed by atoms with E-state index in [0.717, 1.165) is 5.56 Å². The molecule has 0 radical (unpaired) electrons. The highest BCUT2D eigenvalue weighted by Crippen LogP contribution is 2.17. The molecule has 0 aliphatic heterocycles. The number of phenolic OH excluding ortho intramolecular Hbond substituents is 1. The fraction of sp³-hybridized carbons (Fsp3) is 0.385. The van der Waals surface area contributed by atoms with E-state index in [4.69, 9.17) is 0 Å². The monoisotopic (exact) mass is 235 g/mol. The molecule has 1 rings (SSSR count). The van der Waals surface area contributed by atoms with Crippen molar-refractivity contribution in [1.82, 2.24) is 5.32 Å². The SMILES string of the molecule is Cc1ccc(C(=O)NCC(=O)C(C)C)c(O)c1. The molecule has 0 bridgehead atoms. The molecule has 0 aromatic heterocycles. The summed E-state index contributed by atoms with van der Waals surface area (Å²) in [4.78, 5) is 23.0. The summed E-state index contributed by atoms with van der Waals surface area (Å²) in [6.45, 7) is 5.36. The molecule has 4 nitrogen and oxygen atoms in total. The summed E-state index contributed by atoms with van der Waals surface area (Å²) in [7, 11) is 0. The topological polar surface area (TPSA) is 66.4 Å². The molecule has 2 N–H and O–H groups in total. The van der Waals surface area contributed by atoms with Crippen LogP contribution in [-0.4, -0.2) is 23.3 Å². The number of hydrogen-bond acceptors (Lipinski definition) is 3. The third-order valence-electron chi connectivity index (χ3n) is 2.46. The molecule has 0 aliphatic rings. The molecule has 0 fully saturated rings. The summed E-state index contributed by atoms with van der Waals surface area (Å²) in [5.41, 5.74) is 1.06. The molecule has 17 heavy (non-hydrogen) atoms. The standard InChI is InChI=1S/C13H17NO3/c1-8(2)12(16)7-14-13(17)10-5-4-9(3)6-11(10)15/h4-6,8,15H,7H2,1-3H3,(H,14,17). The lowest BCUT2D eigenvalue weighted by atomic mass is 10.1. The molecule has 92 valence electrons. The van der Waals surface area contributed by atoms with E-state index in [-0.39, 0.29) is 29.6 Å². The molecule has 1 aromatic carbocycles. The summed E-state index contributed by atoms with van der Waals surface area (Å²) >= 11 is 0. The maximum Gasteiger partial charge on any atom is 0.255 e. The van der Waals surface area contributed by atoms with Gasteiger partial charge in [0.2, 0.25) is 0 Å². The fourth-order valence-corrected chi connectivity index (χ4v) is 1.30. The third-order valence-corrected chi connectivity index (χ3v) is 2.46. The normalized spacial score (nSPS) is 10.4. The molecule has 4 heteroatoms. The lowest BCUT2D eigenvalue weighted by Crippen LogP contribution is -2.31. The van der Waals surface area contributed by atoms with Gasteiger partial charge in [-0.15, -0.1) is 0 Å². The van der Waals surface area contributed by atoms with Gasteiger partial charge in [0, 0.05) is 5.92 Å². The van der Waals surface area contributed by atoms with E-state index in [0.29, 0.717) is 0 Å². The van der Waals surface area contributed by atoms with Gasteiger partial charge >= 0.3 is 0 Å². The Balaban J connectivity index is 2.68. The van der Waals surface area contributed by atoms with Crippen LogP contribution in [0.25, 0.3) is 0 Å². The Labute approximate surface area is 101 Å². The number of phenols is 1. The summed E-state index contributed by atoms with van der Waals surface area (Å²) in [5, 5.41) is 12.1. The number of ketones is 1. The Bertz CT molecular complexity index is 438. The number of rotatable bonds is 4. The van der Waals surface area contributed by atoms with Crippen molar-refractivity contribution in [1.29, 1.82) is 0 Å². The van der Waals surface area contributed by atoms with Crippen molar-refractivity contribution in [3.05, 3.63) is 29.3 Å². The average molecular weight is 235 g/mol. The third kappa shape index (κ3) is 3.59. The number of hydrogen-bond donors (Lipinski definition) is 2. The lowest BCUT2D eigenvalue weighted by molar-refractivity contribution is -0.120. The second-order valence-corrected chi connectivity index (χ2v) is 4.32. The fourth-order valence-electron chi connectivity index (χ4n) is 1.30. The van der Waals surface area contributed by atoms with Gasteiger partial charge in [-0.2, -0.15) is 0 Å². The minimum atomic E-state index is -0.434. The molecule has 0 atom stereocenters. The molecule has 0 aliphatic carbocycles. The smallest absolute Gasteiger partial charge is 0.255 e. The number of Topliss-reactive ketones (excluding diaryl/α,β-unsaturated/α-hetero) is 1. The Kier molecular flexibility index (Phi) is 4.26. The van der Waals surface area contributed by atoms with Crippen molar-refractivity contribution < 1.29 is 14.7 Å². The van der Waals surface area contributed by atoms with Crippen LogP contribution in [0.2, 0.25) is 0 Å². The maximum absolute atomic E-state index is 11.7. The summed E-state index contributed by atoms with van der Waals surface area (Å²) < 4.78 is 0. The molecule has 0 saturated carbocycles. The van der Waals surface area contributed by atoms with Crippen LogP contribution >= 0.6 is 0 Å². The van der Waals surface area contributed by atoms with Crippen LogP contribution in [0.5, 0.6) is 5.75 Å². The molecule has 0 unspecified atom stereocenters. The van der Waals surface area contributed by atoms with E-state index in [1.807, 2.05) is 6.92 Å². The van der Waals surface area contributed by atoms with E-state index in [1.54, 1.807) is 26.0 Å². The van der Waals surface area contributed by atoms with Crippen LogP contribution in [0.1, 0.15) is 29.8 Å². The van der Waals surface area contributed by atoms with Crippen molar-refractivity contribution in [2.24, 2.45) is 5.92 Å². The highest BCUT2D eigenvalue weighted by Gasteiger charge is 2.13. The molecule has 1 aromatic rings. The molecule has 0 heterocycles. The van der Waals surface area contributed by atoms with Gasteiger partial charge in [0.05, 0.1) is 12.1 Å². The predicted octanol–water partition coefficient (Wildman–Crippen LogP) is 1.66. The van der Waals surface area contributed by atoms with Crippen molar-refractivity contribution >= 4 is 11.7 Å². The van der Waals surface area contributed by atoms with Gasteiger partial charge in [-0.25, -0.2) is 0 Å². The first-order chi connectivity index (χ1) is 7.91. The van der Waals surface area contributed by atoms with Crippen molar-refractivity contribution in [2.45, 2.75) is 20.8 Å². The van der Waals surface area contributed by atoms with Gasteiger partial charge in [0.25, 0.3) is 5.91 Å². The van der Waals surface area contributed by atoms with Crippen LogP contribution < -0.4 is 5.32 Å². The zero-order valence-electron chi connectivity index (χ0n) is 10.3. The van der Waals surface area contributed by atoms with Gasteiger partial charge in [-0.1, -0.05) is 19.9 Å². The summed E-state index contributed by atoms with van der Waals surface area (Å²) in [6, 6.07) is 4.79. The average Bonchev–Trinajstić information content (AvgIpc) is 2.25. The second kappa shape index (κ2) is 5.48. The van der Waals surface area contributed by atoms with Gasteiger partial charge in [-0.05, 0) is 24.6 Å². The van der Waals surface area contributed by atoms with Crippen LogP contribution in [0, 0.1) is 12.8 Å². The number of nitrogens with one attached hydrogen (secondary N) is 1. The van der Waals surface area contributed by atoms with Gasteiger partial charge in [-0.3, -0.25) is 9.59 Å². The van der Waals surface area contributed by atoms with Crippen LogP contribution in [0.4, 0.5) is 0 Å². The van der Waals surface area contributed by atoms with Gasteiger partial charge in [0.15, 0.2) is 5.78 Å². The number of amides is 1. The second-order valence-electron chi connectivity index (χ2n) is 4.32. The minimum absolute atomic E-state index is 0.0101. The first-order valence-electron chi connectivity index (χ1n) is 5.52. The zero-order valence-corrected chi connectivity index (χ0v) is 10.3. The number of carbonyl (C=O) groups excluding carboxylic acids is 2. The quantitative estimate of drug-likeness (QED) is 0.834. The number of benzene rings is 1. The van der Waals surface area contributed by atoms with Crippen molar-refractivity contribution in [3.63, 3.8) is 0 Å². The highest BCUT2D eigenvalue weighted by molar-refractivity contribution is 5.99. The van der Waals surface area contributed by atoms with E-state index in [9.17, 15) is 14.7 Å². The summed E-state index contributed by atoms with van der Waals surface area (Å²) in [5.74, 6) is -0.650. The lowest BCUT2D eigenvalue weighted by Gasteiger charge is -2.08. The van der Waals surface area contributed by atoms with Gasteiger partial charge < -0.3 is 10.4 Å². The number of aromatic hydroxyl groups is 1. The van der Waals surface area contributed by atoms with E-state index < -0.39 is 5.91 Å². The molecular formula is C13H17NO3. The van der Waals surface area contributed by atoms with E-state index in [1.165, 1.54) is 6.07 Å². The predicted molar refractivity (Wildman–Crippen MR) is 65.0 cm³/mol. The minimum Gasteiger partial charge on any atom is -0.507 e. The van der Waals surface area contributed by atoms with E-state index >= 15 is 0 Å². The molecule has 1 amide bonds. The summed E-state index contributed by atoms with van der Waals surface area (Å²) in [6.07, 6.45) is 0. The Morgan fingerprint density at radius 3 is 2.53 bits per heavy atom. The zero-order chi connectivity index (χ0) is 13.0. The molecule has 0 saturated heterocycles. The van der Waals surface area contributed by atoms with Crippen molar-refractivity contribution in [3.8, 4) is 5.75 Å². The van der Waals surface area contributed by atoms with E-state index in [2.05, 4.69) is 5.32 Å². The van der Waals surface area contributed by atoms with Gasteiger partial charge in [0.1, 0.15) is 5.75 Å². The first-order valence-corrected chi connectivity index (χ1v) is 5.52. The first kappa shape index (κ1) is 13.2. The Morgan fingerprint density at radius 1 is 1.35 bits per heavy atom. The molecule has 0 spiro atoms. The maximum atomic E-state index is 11.7. The highest BCUT2D eigenvalue weighted by atomic mass is 16.3. The number of aryl methyl sites for hydroxylation is 1. The Morgan fingerprint density at radius 2 is 2.00 bits per heavy atom. The number of carbonyl (C=O) groups is 2. The Hall–Kier alpha value is -1.84. The van der Waals surface area contributed by atoms with Crippen LogP contribution in [0.15, 0.2) is 18.2 Å². The largest absolute Gasteiger partial charge is 0.507 e. The molecular weight excluding hydrogens is 218 g/mol. The van der Waals surface area contributed by atoms with Crippen molar-refractivity contribution in [2.75, 3.05) is 6.54 Å².